The summed E-state index contributed by atoms with van der Waals surface area (Å²) in [4.78, 5) is 12.9. The van der Waals surface area contributed by atoms with E-state index in [1.807, 2.05) is 0 Å². The molecule has 0 spiro atoms. The Morgan fingerprint density at radius 2 is 1.66 bits per heavy atom. The first kappa shape index (κ1) is 32.0. The lowest BCUT2D eigenvalue weighted by molar-refractivity contribution is -0.196. The van der Waals surface area contributed by atoms with E-state index in [9.17, 15) is 15.0 Å². The molecule has 1 heterocycles. The fraction of sp³-hybridized carbons (Fsp3) is 0.968. The van der Waals surface area contributed by atoms with Crippen LogP contribution < -0.4 is 0 Å². The highest BCUT2D eigenvalue weighted by Crippen LogP contribution is 2.47. The second-order valence-corrected chi connectivity index (χ2v) is 18.8. The number of carboxylic acids is 1. The number of unbranched alkanes of at least 4 members (excludes halogenated alkanes) is 2. The number of aliphatic hydroxyl groups excluding tert-OH is 1. The summed E-state index contributed by atoms with van der Waals surface area (Å²) in [6, 6.07) is 0. The summed E-state index contributed by atoms with van der Waals surface area (Å²) in [5.41, 5.74) is -1.06. The summed E-state index contributed by atoms with van der Waals surface area (Å²) in [6.45, 7) is 13.9. The van der Waals surface area contributed by atoms with Crippen molar-refractivity contribution in [3.05, 3.63) is 0 Å². The van der Waals surface area contributed by atoms with Crippen LogP contribution in [-0.4, -0.2) is 55.2 Å². The van der Waals surface area contributed by atoms with Crippen molar-refractivity contribution in [2.24, 2.45) is 17.8 Å². The molecule has 6 atom stereocenters. The molecule has 6 nitrogen and oxygen atoms in total. The molecule has 3 rings (SSSR count). The van der Waals surface area contributed by atoms with Gasteiger partial charge in [0.1, 0.15) is 0 Å². The Morgan fingerprint density at radius 3 is 2.24 bits per heavy atom. The van der Waals surface area contributed by atoms with Gasteiger partial charge in [0.05, 0.1) is 12.2 Å². The fourth-order valence-electron chi connectivity index (χ4n) is 7.07. The lowest BCUT2D eigenvalue weighted by Crippen LogP contribution is -2.57. The highest BCUT2D eigenvalue weighted by Gasteiger charge is 2.53. The molecular weight excluding hydrogens is 496 g/mol. The third-order valence-electron chi connectivity index (χ3n) is 10.3. The summed E-state index contributed by atoms with van der Waals surface area (Å²) < 4.78 is 19.1. The smallest absolute Gasteiger partial charge is 0.335 e. The van der Waals surface area contributed by atoms with Crippen molar-refractivity contribution in [3.8, 4) is 0 Å². The Balaban J connectivity index is 1.58. The van der Waals surface area contributed by atoms with Crippen LogP contribution in [0.15, 0.2) is 0 Å². The molecule has 7 heteroatoms. The monoisotopic (exact) mass is 554 g/mol. The van der Waals surface area contributed by atoms with Crippen LogP contribution in [0.3, 0.4) is 0 Å². The standard InChI is InChI=1S/C31H58O6Si/c1-7-15-25-24(26(32)22-27(25)36-28-19-12-14-21-35-28)18-9-8-13-20-31(29(33)34,23-16-10-11-17-23)37-38(5,6)30(2,3)4/h23-28,32H,7-22H2,1-6H3,(H,33,34)/t24-,25-,26+,27?,28?,31?/m1/s1. The van der Waals surface area contributed by atoms with Crippen molar-refractivity contribution in [3.63, 3.8) is 0 Å². The van der Waals surface area contributed by atoms with E-state index in [1.54, 1.807) is 0 Å². The van der Waals surface area contributed by atoms with Crippen LogP contribution in [0.1, 0.15) is 124 Å². The lowest BCUT2D eigenvalue weighted by atomic mass is 9.81. The van der Waals surface area contributed by atoms with Crippen molar-refractivity contribution in [1.29, 1.82) is 0 Å². The van der Waals surface area contributed by atoms with Gasteiger partial charge in [0.15, 0.2) is 20.2 Å². The van der Waals surface area contributed by atoms with E-state index in [-0.39, 0.29) is 35.4 Å². The van der Waals surface area contributed by atoms with Gasteiger partial charge in [-0.1, -0.05) is 59.8 Å². The zero-order valence-electron chi connectivity index (χ0n) is 25.3. The van der Waals surface area contributed by atoms with Crippen LogP contribution in [0.2, 0.25) is 18.1 Å². The topological polar surface area (TPSA) is 85.2 Å². The van der Waals surface area contributed by atoms with Crippen LogP contribution in [0.25, 0.3) is 0 Å². The zero-order valence-corrected chi connectivity index (χ0v) is 26.3. The maximum atomic E-state index is 12.9. The summed E-state index contributed by atoms with van der Waals surface area (Å²) in [5, 5.41) is 21.5. The molecular formula is C31H58O6Si. The molecule has 0 radical (unpaired) electrons. The predicted octanol–water partition coefficient (Wildman–Crippen LogP) is 7.68. The van der Waals surface area contributed by atoms with Crippen LogP contribution in [0, 0.1) is 17.8 Å². The molecule has 0 aromatic carbocycles. The molecule has 222 valence electrons. The maximum Gasteiger partial charge on any atom is 0.335 e. The Hall–Kier alpha value is -0.473. The SMILES string of the molecule is CCC[C@H]1C(OC2CCCCO2)C[C@H](O)[C@@H]1CCCCCC(O[Si](C)(C)C(C)(C)C)(C(=O)O)C1CCCC1. The van der Waals surface area contributed by atoms with E-state index in [2.05, 4.69) is 40.8 Å². The highest BCUT2D eigenvalue weighted by molar-refractivity contribution is 6.74. The Kier molecular flexibility index (Phi) is 11.7. The first-order chi connectivity index (χ1) is 17.9. The van der Waals surface area contributed by atoms with Gasteiger partial charge in [0.2, 0.25) is 0 Å². The normalized spacial score (nSPS) is 31.0. The molecule has 0 amide bonds. The molecule has 1 saturated heterocycles. The number of hydrogen-bond donors (Lipinski definition) is 2. The number of rotatable bonds is 14. The van der Waals surface area contributed by atoms with Crippen LogP contribution in [0.5, 0.6) is 0 Å². The quantitative estimate of drug-likeness (QED) is 0.169. The van der Waals surface area contributed by atoms with Gasteiger partial charge >= 0.3 is 5.97 Å². The molecule has 0 bridgehead atoms. The van der Waals surface area contributed by atoms with Crippen molar-refractivity contribution in [1.82, 2.24) is 0 Å². The van der Waals surface area contributed by atoms with Crippen LogP contribution >= 0.6 is 0 Å². The van der Waals surface area contributed by atoms with E-state index >= 15 is 0 Å². The minimum atomic E-state index is -2.25. The van der Waals surface area contributed by atoms with Gasteiger partial charge in [-0.3, -0.25) is 0 Å². The lowest BCUT2D eigenvalue weighted by Gasteiger charge is -2.46. The molecule has 38 heavy (non-hydrogen) atoms. The molecule has 2 aliphatic carbocycles. The van der Waals surface area contributed by atoms with E-state index in [0.29, 0.717) is 18.8 Å². The first-order valence-electron chi connectivity index (χ1n) is 15.8. The molecule has 0 aromatic rings. The molecule has 2 N–H and O–H groups in total. The Labute approximate surface area is 233 Å². The predicted molar refractivity (Wildman–Crippen MR) is 155 cm³/mol. The van der Waals surface area contributed by atoms with Gasteiger partial charge in [0, 0.05) is 13.0 Å². The van der Waals surface area contributed by atoms with Gasteiger partial charge in [-0.2, -0.15) is 0 Å². The molecule has 3 aliphatic rings. The first-order valence-corrected chi connectivity index (χ1v) is 18.7. The molecule has 3 unspecified atom stereocenters. The van der Waals surface area contributed by atoms with Crippen molar-refractivity contribution < 1.29 is 28.9 Å². The molecule has 0 aromatic heterocycles. The third kappa shape index (κ3) is 7.83. The largest absolute Gasteiger partial charge is 0.479 e. The average molecular weight is 555 g/mol. The average Bonchev–Trinajstić information content (AvgIpc) is 3.48. The van der Waals surface area contributed by atoms with Crippen molar-refractivity contribution in [2.75, 3.05) is 6.61 Å². The Bertz CT molecular complexity index is 724. The van der Waals surface area contributed by atoms with Gasteiger partial charge in [-0.25, -0.2) is 4.79 Å². The van der Waals surface area contributed by atoms with E-state index in [1.165, 1.54) is 0 Å². The van der Waals surface area contributed by atoms with Crippen LogP contribution in [0.4, 0.5) is 0 Å². The van der Waals surface area contributed by atoms with Gasteiger partial charge < -0.3 is 24.1 Å². The summed E-state index contributed by atoms with van der Waals surface area (Å²) in [6.07, 6.45) is 14.3. The van der Waals surface area contributed by atoms with Gasteiger partial charge in [-0.05, 0) is 93.7 Å². The van der Waals surface area contributed by atoms with E-state index < -0.39 is 19.9 Å². The number of aliphatic carboxylic acids is 1. The van der Waals surface area contributed by atoms with Gasteiger partial charge in [-0.15, -0.1) is 0 Å². The van der Waals surface area contributed by atoms with Crippen LogP contribution in [-0.2, 0) is 18.7 Å². The summed E-state index contributed by atoms with van der Waals surface area (Å²) >= 11 is 0. The Morgan fingerprint density at radius 1 is 0.974 bits per heavy atom. The second-order valence-electron chi connectivity index (χ2n) is 14.0. The zero-order chi connectivity index (χ0) is 28.0. The third-order valence-corrected chi connectivity index (χ3v) is 14.8. The number of aliphatic hydroxyl groups is 1. The fourth-order valence-corrected chi connectivity index (χ4v) is 8.64. The van der Waals surface area contributed by atoms with E-state index in [0.717, 1.165) is 90.1 Å². The number of carbonyl (C=O) groups is 1. The van der Waals surface area contributed by atoms with Gasteiger partial charge in [0.25, 0.3) is 0 Å². The minimum Gasteiger partial charge on any atom is -0.479 e. The molecule has 3 fully saturated rings. The van der Waals surface area contributed by atoms with Crippen molar-refractivity contribution in [2.45, 2.75) is 166 Å². The number of ether oxygens (including phenoxy) is 2. The summed E-state index contributed by atoms with van der Waals surface area (Å²) in [5.74, 6) is -0.0156. The van der Waals surface area contributed by atoms with E-state index in [4.69, 9.17) is 13.9 Å². The summed E-state index contributed by atoms with van der Waals surface area (Å²) in [7, 11) is -2.25. The second kappa shape index (κ2) is 13.9. The van der Waals surface area contributed by atoms with Crippen molar-refractivity contribution >= 4 is 14.3 Å². The molecule has 1 aliphatic heterocycles. The minimum absolute atomic E-state index is 0.0273. The molecule has 2 saturated carbocycles. The number of carboxylic acid groups (broad SMARTS) is 1. The maximum absolute atomic E-state index is 12.9. The highest BCUT2D eigenvalue weighted by atomic mass is 28.4. The number of hydrogen-bond acceptors (Lipinski definition) is 5.